The first-order chi connectivity index (χ1) is 11.6. The molecule has 2 heterocycles. The van der Waals surface area contributed by atoms with Gasteiger partial charge >= 0.3 is 0 Å². The van der Waals surface area contributed by atoms with Gasteiger partial charge in [0.1, 0.15) is 12.7 Å². The zero-order valence-electron chi connectivity index (χ0n) is 14.6. The summed E-state index contributed by atoms with van der Waals surface area (Å²) in [5.41, 5.74) is 3.03. The van der Waals surface area contributed by atoms with E-state index in [0.29, 0.717) is 18.4 Å². The van der Waals surface area contributed by atoms with Gasteiger partial charge in [0.05, 0.1) is 11.6 Å². The molecule has 128 valence electrons. The average Bonchev–Trinajstić information content (AvgIpc) is 3.10. The third-order valence-corrected chi connectivity index (χ3v) is 6.14. The zero-order valence-corrected chi connectivity index (χ0v) is 14.6. The summed E-state index contributed by atoms with van der Waals surface area (Å²) < 4.78 is 2.05. The normalized spacial score (nSPS) is 25.6. The van der Waals surface area contributed by atoms with E-state index in [9.17, 15) is 4.79 Å². The van der Waals surface area contributed by atoms with Gasteiger partial charge in [0.2, 0.25) is 5.91 Å². The molecule has 0 aromatic carbocycles. The first-order valence-corrected chi connectivity index (χ1v) is 9.18. The van der Waals surface area contributed by atoms with Gasteiger partial charge in [0.25, 0.3) is 0 Å². The van der Waals surface area contributed by atoms with Crippen molar-refractivity contribution in [2.45, 2.75) is 70.6 Å². The summed E-state index contributed by atoms with van der Waals surface area (Å²) in [5, 5.41) is 12.8. The van der Waals surface area contributed by atoms with E-state index in [-0.39, 0.29) is 11.7 Å². The van der Waals surface area contributed by atoms with Crippen molar-refractivity contribution in [3.63, 3.8) is 0 Å². The summed E-state index contributed by atoms with van der Waals surface area (Å²) in [6.07, 6.45) is 6.65. The lowest BCUT2D eigenvalue weighted by atomic mass is 9.98. The molecule has 1 aromatic heterocycles. The van der Waals surface area contributed by atoms with Crippen LogP contribution in [0, 0.1) is 31.1 Å². The number of rotatable bonds is 4. The number of amides is 1. The van der Waals surface area contributed by atoms with Crippen LogP contribution in [0.5, 0.6) is 0 Å². The lowest BCUT2D eigenvalue weighted by molar-refractivity contribution is -0.133. The molecular formula is C19H26N4O. The highest BCUT2D eigenvalue weighted by atomic mass is 16.2. The zero-order chi connectivity index (χ0) is 16.9. The number of aryl methyl sites for hydroxylation is 1. The number of carbonyl (C=O) groups is 1. The Morgan fingerprint density at radius 3 is 2.67 bits per heavy atom. The summed E-state index contributed by atoms with van der Waals surface area (Å²) in [6.45, 7) is 5.36. The number of hydrogen-bond donors (Lipinski definition) is 1. The van der Waals surface area contributed by atoms with Crippen molar-refractivity contribution < 1.29 is 4.79 Å². The smallest absolute Gasteiger partial charge is 0.244 e. The maximum Gasteiger partial charge on any atom is 0.244 e. The molecule has 5 nitrogen and oxygen atoms in total. The van der Waals surface area contributed by atoms with Gasteiger partial charge in [-0.3, -0.25) is 10.1 Å². The van der Waals surface area contributed by atoms with Crippen molar-refractivity contribution in [1.29, 1.82) is 5.26 Å². The molecule has 1 amide bonds. The van der Waals surface area contributed by atoms with Gasteiger partial charge in [-0.25, -0.2) is 0 Å². The lowest BCUT2D eigenvalue weighted by Gasteiger charge is -2.24. The molecule has 2 aliphatic carbocycles. The van der Waals surface area contributed by atoms with Crippen molar-refractivity contribution in [3.05, 3.63) is 23.0 Å². The van der Waals surface area contributed by atoms with Crippen LogP contribution in [0.4, 0.5) is 0 Å². The summed E-state index contributed by atoms with van der Waals surface area (Å²) in [7, 11) is 0. The SMILES string of the molecule is Cc1cc([C@@H]2NC3(CCCC3)C(=O)N2CC2CC2)c(C)n1CC#N. The maximum absolute atomic E-state index is 13.2. The van der Waals surface area contributed by atoms with Crippen LogP contribution in [0.1, 0.15) is 61.6 Å². The summed E-state index contributed by atoms with van der Waals surface area (Å²) >= 11 is 0. The lowest BCUT2D eigenvalue weighted by Crippen LogP contribution is -2.44. The highest BCUT2D eigenvalue weighted by Gasteiger charge is 2.53. The summed E-state index contributed by atoms with van der Waals surface area (Å²) in [6, 6.07) is 4.40. The molecule has 0 bridgehead atoms. The number of aromatic nitrogens is 1. The van der Waals surface area contributed by atoms with E-state index in [1.165, 1.54) is 18.4 Å². The van der Waals surface area contributed by atoms with Crippen molar-refractivity contribution in [2.75, 3.05) is 6.54 Å². The standard InChI is InChI=1S/C19H26N4O/c1-13-11-16(14(2)22(13)10-9-20)17-21-19(7-3-4-8-19)18(24)23(17)12-15-5-6-15/h11,15,17,21H,3-8,10,12H2,1-2H3/t17-/m1/s1. The van der Waals surface area contributed by atoms with E-state index in [0.717, 1.165) is 43.6 Å². The van der Waals surface area contributed by atoms with E-state index in [1.54, 1.807) is 0 Å². The van der Waals surface area contributed by atoms with E-state index in [2.05, 4.69) is 33.8 Å². The number of nitrogens with one attached hydrogen (secondary N) is 1. The van der Waals surface area contributed by atoms with Crippen LogP contribution in [0.25, 0.3) is 0 Å². The molecule has 0 unspecified atom stereocenters. The van der Waals surface area contributed by atoms with Crippen LogP contribution >= 0.6 is 0 Å². The molecule has 4 rings (SSSR count). The Morgan fingerprint density at radius 2 is 2.04 bits per heavy atom. The fourth-order valence-corrected chi connectivity index (χ4v) is 4.56. The van der Waals surface area contributed by atoms with E-state index < -0.39 is 0 Å². The first kappa shape index (κ1) is 15.7. The molecule has 1 aliphatic heterocycles. The van der Waals surface area contributed by atoms with Gasteiger partial charge < -0.3 is 9.47 Å². The van der Waals surface area contributed by atoms with Crippen LogP contribution in [0.15, 0.2) is 6.07 Å². The Balaban J connectivity index is 1.71. The fraction of sp³-hybridized carbons (Fsp3) is 0.684. The Kier molecular flexibility index (Phi) is 3.69. The van der Waals surface area contributed by atoms with Crippen LogP contribution in [0.3, 0.4) is 0 Å². The number of carbonyl (C=O) groups excluding carboxylic acids is 1. The maximum atomic E-state index is 13.2. The number of nitriles is 1. The molecule has 5 heteroatoms. The van der Waals surface area contributed by atoms with Crippen LogP contribution in [0.2, 0.25) is 0 Å². The van der Waals surface area contributed by atoms with Gasteiger partial charge in [-0.1, -0.05) is 12.8 Å². The molecule has 1 spiro atoms. The monoisotopic (exact) mass is 326 g/mol. The highest BCUT2D eigenvalue weighted by molar-refractivity contribution is 5.89. The van der Waals surface area contributed by atoms with Crippen molar-refractivity contribution in [2.24, 2.45) is 5.92 Å². The van der Waals surface area contributed by atoms with Crippen LogP contribution in [-0.2, 0) is 11.3 Å². The molecular weight excluding hydrogens is 300 g/mol. The Morgan fingerprint density at radius 1 is 1.33 bits per heavy atom. The van der Waals surface area contributed by atoms with Crippen molar-refractivity contribution in [1.82, 2.24) is 14.8 Å². The van der Waals surface area contributed by atoms with Gasteiger partial charge in [-0.05, 0) is 51.5 Å². The molecule has 0 radical (unpaired) electrons. The van der Waals surface area contributed by atoms with Gasteiger partial charge in [-0.2, -0.15) is 5.26 Å². The van der Waals surface area contributed by atoms with Gasteiger partial charge in [0, 0.05) is 23.5 Å². The third-order valence-electron chi connectivity index (χ3n) is 6.14. The van der Waals surface area contributed by atoms with Crippen molar-refractivity contribution >= 4 is 5.91 Å². The quantitative estimate of drug-likeness (QED) is 0.925. The van der Waals surface area contributed by atoms with E-state index in [1.807, 2.05) is 6.92 Å². The topological polar surface area (TPSA) is 61.1 Å². The molecule has 3 aliphatic rings. The van der Waals surface area contributed by atoms with Gasteiger partial charge in [0.15, 0.2) is 0 Å². The second-order valence-electron chi connectivity index (χ2n) is 7.81. The third kappa shape index (κ3) is 2.36. The predicted molar refractivity (Wildman–Crippen MR) is 91.0 cm³/mol. The van der Waals surface area contributed by atoms with Gasteiger partial charge in [-0.15, -0.1) is 0 Å². The molecule has 1 aromatic rings. The Hall–Kier alpha value is -1.80. The molecule has 3 fully saturated rings. The molecule has 2 saturated carbocycles. The molecule has 24 heavy (non-hydrogen) atoms. The Bertz CT molecular complexity index is 704. The van der Waals surface area contributed by atoms with E-state index in [4.69, 9.17) is 5.26 Å². The van der Waals surface area contributed by atoms with E-state index >= 15 is 0 Å². The minimum absolute atomic E-state index is 0.0326. The van der Waals surface area contributed by atoms with Crippen molar-refractivity contribution in [3.8, 4) is 6.07 Å². The molecule has 1 saturated heterocycles. The predicted octanol–water partition coefficient (Wildman–Crippen LogP) is 2.78. The second-order valence-corrected chi connectivity index (χ2v) is 7.81. The second kappa shape index (κ2) is 5.63. The summed E-state index contributed by atoms with van der Waals surface area (Å²) in [4.78, 5) is 15.3. The largest absolute Gasteiger partial charge is 0.335 e. The number of hydrogen-bond acceptors (Lipinski definition) is 3. The number of nitrogens with zero attached hydrogens (tertiary/aromatic N) is 3. The average molecular weight is 326 g/mol. The molecule has 1 N–H and O–H groups in total. The summed E-state index contributed by atoms with van der Waals surface area (Å²) in [5.74, 6) is 0.986. The highest BCUT2D eigenvalue weighted by Crippen LogP contribution is 2.44. The minimum atomic E-state index is -0.336. The first-order valence-electron chi connectivity index (χ1n) is 9.18. The van der Waals surface area contributed by atoms with Crippen LogP contribution in [-0.4, -0.2) is 27.5 Å². The fourth-order valence-electron chi connectivity index (χ4n) is 4.56. The molecule has 1 atom stereocenters. The van der Waals surface area contributed by atoms with Crippen LogP contribution < -0.4 is 5.32 Å². The Labute approximate surface area is 143 Å². The minimum Gasteiger partial charge on any atom is -0.335 e.